The summed E-state index contributed by atoms with van der Waals surface area (Å²) in [6.07, 6.45) is -3.25. The Labute approximate surface area is 199 Å². The zero-order valence-corrected chi connectivity index (χ0v) is 18.5. The quantitative estimate of drug-likeness (QED) is 0.371. The van der Waals surface area contributed by atoms with E-state index >= 15 is 0 Å². The molecule has 2 N–H and O–H groups in total. The number of carbonyl (C=O) groups is 1. The average molecular weight is 497 g/mol. The zero-order valence-electron chi connectivity index (χ0n) is 18.5. The molecule has 5 rings (SSSR count). The first-order valence-electron chi connectivity index (χ1n) is 10.8. The number of imidazole rings is 1. The molecule has 5 aromatic rings. The topological polar surface area (TPSA) is 115 Å². The maximum atomic E-state index is 13.2. The second-order valence-electron chi connectivity index (χ2n) is 8.03. The molecule has 0 aliphatic carbocycles. The van der Waals surface area contributed by atoms with Crippen molar-refractivity contribution in [3.63, 3.8) is 0 Å². The van der Waals surface area contributed by atoms with Gasteiger partial charge >= 0.3 is 11.9 Å². The SMILES string of the molecule is O=C(CCn1c(=O)[nH]c(=O)c2ccccc21)Nc1nc2cc(C(F)(F)F)ccc2n1Cc1ccco1. The van der Waals surface area contributed by atoms with E-state index in [-0.39, 0.29) is 31.0 Å². The molecule has 0 aliphatic rings. The van der Waals surface area contributed by atoms with E-state index in [1.807, 2.05) is 0 Å². The number of nitrogens with zero attached hydrogens (tertiary/aromatic N) is 3. The highest BCUT2D eigenvalue weighted by Gasteiger charge is 2.31. The fourth-order valence-electron chi connectivity index (χ4n) is 3.98. The third-order valence-corrected chi connectivity index (χ3v) is 5.69. The summed E-state index contributed by atoms with van der Waals surface area (Å²) in [4.78, 5) is 43.6. The van der Waals surface area contributed by atoms with Gasteiger partial charge in [-0.2, -0.15) is 13.2 Å². The average Bonchev–Trinajstić information content (AvgIpc) is 3.46. The van der Waals surface area contributed by atoms with Gasteiger partial charge in [-0.3, -0.25) is 24.5 Å². The Bertz CT molecular complexity index is 1700. The highest BCUT2D eigenvalue weighted by molar-refractivity contribution is 5.91. The maximum Gasteiger partial charge on any atom is 0.416 e. The van der Waals surface area contributed by atoms with Gasteiger partial charge in [0.2, 0.25) is 11.9 Å². The van der Waals surface area contributed by atoms with Crippen LogP contribution in [0.5, 0.6) is 0 Å². The van der Waals surface area contributed by atoms with E-state index in [2.05, 4.69) is 15.3 Å². The molecule has 0 bridgehead atoms. The molecule has 0 saturated carbocycles. The van der Waals surface area contributed by atoms with Crippen LogP contribution in [0.1, 0.15) is 17.7 Å². The molecule has 12 heteroatoms. The smallest absolute Gasteiger partial charge is 0.416 e. The van der Waals surface area contributed by atoms with E-state index in [1.165, 1.54) is 21.5 Å². The Balaban J connectivity index is 1.44. The first-order chi connectivity index (χ1) is 17.2. The number of benzene rings is 2. The molecule has 3 heterocycles. The predicted octanol–water partition coefficient (Wildman–Crippen LogP) is 3.73. The van der Waals surface area contributed by atoms with E-state index in [1.54, 1.807) is 36.4 Å². The summed E-state index contributed by atoms with van der Waals surface area (Å²) in [6, 6.07) is 13.0. The molecule has 0 unspecified atom stereocenters. The third kappa shape index (κ3) is 4.40. The molecule has 9 nitrogen and oxygen atoms in total. The summed E-state index contributed by atoms with van der Waals surface area (Å²) in [5.41, 5.74) is -1.24. The van der Waals surface area contributed by atoms with Crippen molar-refractivity contribution < 1.29 is 22.4 Å². The Morgan fingerprint density at radius 1 is 1.03 bits per heavy atom. The second-order valence-corrected chi connectivity index (χ2v) is 8.03. The van der Waals surface area contributed by atoms with Crippen molar-refractivity contribution in [2.75, 3.05) is 5.32 Å². The number of hydrogen-bond acceptors (Lipinski definition) is 5. The number of aryl methyl sites for hydroxylation is 1. The molecule has 0 fully saturated rings. The van der Waals surface area contributed by atoms with Crippen LogP contribution in [-0.4, -0.2) is 25.0 Å². The van der Waals surface area contributed by atoms with Gasteiger partial charge in [0.15, 0.2) is 0 Å². The number of amides is 1. The van der Waals surface area contributed by atoms with Crippen LogP contribution in [0, 0.1) is 0 Å². The van der Waals surface area contributed by atoms with Crippen molar-refractivity contribution in [2.45, 2.75) is 25.7 Å². The number of carbonyl (C=O) groups excluding carboxylic acids is 1. The number of alkyl halides is 3. The Morgan fingerprint density at radius 2 is 1.83 bits per heavy atom. The number of para-hydroxylation sites is 1. The molecule has 36 heavy (non-hydrogen) atoms. The molecule has 184 valence electrons. The number of nitrogens with one attached hydrogen (secondary N) is 2. The normalized spacial score (nSPS) is 11.9. The standard InChI is InChI=1S/C24H18F3N5O4/c25-24(26,27)14-7-8-19-17(12-14)28-22(32(19)13-15-4-3-11-36-15)29-20(33)9-10-31-18-6-2-1-5-16(18)21(34)30-23(31)35/h1-8,11-12H,9-10,13H2,(H,28,29,33)(H,30,34,35). The van der Waals surface area contributed by atoms with Crippen molar-refractivity contribution in [3.05, 3.63) is 93.0 Å². The number of furan rings is 1. The van der Waals surface area contributed by atoms with Crippen LogP contribution in [0.25, 0.3) is 21.9 Å². The van der Waals surface area contributed by atoms with E-state index in [9.17, 15) is 27.6 Å². The van der Waals surface area contributed by atoms with Gasteiger partial charge in [0, 0.05) is 13.0 Å². The number of aromatic amines is 1. The molecule has 0 spiro atoms. The van der Waals surface area contributed by atoms with Crippen LogP contribution < -0.4 is 16.6 Å². The summed E-state index contributed by atoms with van der Waals surface area (Å²) >= 11 is 0. The van der Waals surface area contributed by atoms with Crippen molar-refractivity contribution in [1.82, 2.24) is 19.1 Å². The van der Waals surface area contributed by atoms with Gasteiger partial charge in [0.25, 0.3) is 5.56 Å². The Kier molecular flexibility index (Phi) is 5.71. The largest absolute Gasteiger partial charge is 0.467 e. The molecule has 1 amide bonds. The summed E-state index contributed by atoms with van der Waals surface area (Å²) in [5, 5.41) is 2.93. The number of anilines is 1. The highest BCUT2D eigenvalue weighted by Crippen LogP contribution is 2.32. The minimum atomic E-state index is -4.55. The van der Waals surface area contributed by atoms with Gasteiger partial charge in [0.05, 0.1) is 40.3 Å². The van der Waals surface area contributed by atoms with Gasteiger partial charge in [-0.15, -0.1) is 0 Å². The first kappa shape index (κ1) is 23.1. The molecule has 0 atom stereocenters. The summed E-state index contributed by atoms with van der Waals surface area (Å²) in [5.74, 6) is 0.0181. The number of H-pyrrole nitrogens is 1. The number of fused-ring (bicyclic) bond motifs is 2. The van der Waals surface area contributed by atoms with Crippen LogP contribution in [0.2, 0.25) is 0 Å². The van der Waals surface area contributed by atoms with Crippen LogP contribution >= 0.6 is 0 Å². The van der Waals surface area contributed by atoms with Crippen molar-refractivity contribution in [2.24, 2.45) is 0 Å². The molecule has 2 aromatic carbocycles. The lowest BCUT2D eigenvalue weighted by Crippen LogP contribution is -2.31. The summed E-state index contributed by atoms with van der Waals surface area (Å²) in [7, 11) is 0. The molecule has 0 aliphatic heterocycles. The number of hydrogen-bond donors (Lipinski definition) is 2. The van der Waals surface area contributed by atoms with E-state index < -0.39 is 28.9 Å². The monoisotopic (exact) mass is 497 g/mol. The van der Waals surface area contributed by atoms with Crippen LogP contribution in [0.3, 0.4) is 0 Å². The van der Waals surface area contributed by atoms with Gasteiger partial charge in [-0.25, -0.2) is 9.78 Å². The lowest BCUT2D eigenvalue weighted by molar-refractivity contribution is -0.137. The van der Waals surface area contributed by atoms with Crippen molar-refractivity contribution >= 4 is 33.8 Å². The number of halogens is 3. The van der Waals surface area contributed by atoms with Gasteiger partial charge < -0.3 is 8.98 Å². The molecule has 0 saturated heterocycles. The lowest BCUT2D eigenvalue weighted by Gasteiger charge is -2.11. The molecule has 0 radical (unpaired) electrons. The third-order valence-electron chi connectivity index (χ3n) is 5.69. The van der Waals surface area contributed by atoms with E-state index in [4.69, 9.17) is 4.42 Å². The van der Waals surface area contributed by atoms with Crippen LogP contribution in [0.4, 0.5) is 19.1 Å². The lowest BCUT2D eigenvalue weighted by atomic mass is 10.2. The maximum absolute atomic E-state index is 13.2. The highest BCUT2D eigenvalue weighted by atomic mass is 19.4. The fraction of sp³-hybridized carbons (Fsp3) is 0.167. The Hall–Kier alpha value is -4.61. The minimum Gasteiger partial charge on any atom is -0.467 e. The van der Waals surface area contributed by atoms with Crippen molar-refractivity contribution in [3.8, 4) is 0 Å². The van der Waals surface area contributed by atoms with Gasteiger partial charge in [-0.1, -0.05) is 12.1 Å². The Morgan fingerprint density at radius 3 is 2.58 bits per heavy atom. The molecular weight excluding hydrogens is 479 g/mol. The van der Waals surface area contributed by atoms with Crippen LogP contribution in [0.15, 0.2) is 74.9 Å². The number of aromatic nitrogens is 4. The first-order valence-corrected chi connectivity index (χ1v) is 10.8. The predicted molar refractivity (Wildman–Crippen MR) is 125 cm³/mol. The minimum absolute atomic E-state index is 0.0319. The molecule has 3 aromatic heterocycles. The fourth-order valence-corrected chi connectivity index (χ4v) is 3.98. The van der Waals surface area contributed by atoms with Gasteiger partial charge in [0.1, 0.15) is 5.76 Å². The van der Waals surface area contributed by atoms with Crippen molar-refractivity contribution in [1.29, 1.82) is 0 Å². The van der Waals surface area contributed by atoms with Crippen LogP contribution in [-0.2, 0) is 24.1 Å². The number of rotatable bonds is 6. The zero-order chi connectivity index (χ0) is 25.4. The molecular formula is C24H18F3N5O4. The second kappa shape index (κ2) is 8.87. The van der Waals surface area contributed by atoms with Gasteiger partial charge in [-0.05, 0) is 42.5 Å². The summed E-state index contributed by atoms with van der Waals surface area (Å²) < 4.78 is 47.8. The van der Waals surface area contributed by atoms with E-state index in [0.717, 1.165) is 12.1 Å². The summed E-state index contributed by atoms with van der Waals surface area (Å²) in [6.45, 7) is 0.0765. The van der Waals surface area contributed by atoms with E-state index in [0.29, 0.717) is 22.2 Å².